The van der Waals surface area contributed by atoms with Crippen molar-refractivity contribution in [1.29, 1.82) is 0 Å². The van der Waals surface area contributed by atoms with E-state index in [2.05, 4.69) is 37.1 Å². The van der Waals surface area contributed by atoms with Gasteiger partial charge in [-0.15, -0.1) is 0 Å². The number of nitrogens with zero attached hydrogens (tertiary/aromatic N) is 1. The Hall–Kier alpha value is -4.38. The molecule has 0 aromatic heterocycles. The lowest BCUT2D eigenvalue weighted by Crippen LogP contribution is -2.32. The minimum atomic E-state index is -0.947. The minimum absolute atomic E-state index is 0.240. The van der Waals surface area contributed by atoms with Crippen molar-refractivity contribution in [2.24, 2.45) is 5.10 Å². The number of halogens is 1. The fourth-order valence-corrected chi connectivity index (χ4v) is 3.58. The molecule has 0 aliphatic carbocycles. The van der Waals surface area contributed by atoms with Gasteiger partial charge in [0.2, 0.25) is 0 Å². The van der Waals surface area contributed by atoms with Gasteiger partial charge in [0.05, 0.1) is 24.9 Å². The topological polar surface area (TPSA) is 127 Å². The molecule has 3 aromatic rings. The zero-order valence-electron chi connectivity index (χ0n) is 20.3. The van der Waals surface area contributed by atoms with E-state index in [0.717, 1.165) is 5.56 Å². The maximum atomic E-state index is 12.3. The molecule has 0 saturated heterocycles. The molecule has 37 heavy (non-hydrogen) atoms. The Balaban J connectivity index is 1.56. The average molecular weight is 569 g/mol. The second kappa shape index (κ2) is 13.1. The highest BCUT2D eigenvalue weighted by atomic mass is 79.9. The molecule has 0 aliphatic rings. The highest BCUT2D eigenvalue weighted by Gasteiger charge is 2.15. The summed E-state index contributed by atoms with van der Waals surface area (Å²) in [6.07, 6.45) is 1.33. The van der Waals surface area contributed by atoms with Gasteiger partial charge in [-0.05, 0) is 76.9 Å². The second-order valence-electron chi connectivity index (χ2n) is 7.62. The molecule has 10 nitrogen and oxygen atoms in total. The van der Waals surface area contributed by atoms with Gasteiger partial charge in [0.25, 0.3) is 5.91 Å². The van der Waals surface area contributed by atoms with E-state index in [1.165, 1.54) is 20.4 Å². The van der Waals surface area contributed by atoms with E-state index in [1.807, 2.05) is 19.1 Å². The van der Waals surface area contributed by atoms with Crippen LogP contribution in [0.4, 0.5) is 11.4 Å². The van der Waals surface area contributed by atoms with Crippen LogP contribution in [-0.2, 0) is 14.4 Å². The van der Waals surface area contributed by atoms with Crippen molar-refractivity contribution < 1.29 is 28.6 Å². The normalized spacial score (nSPS) is 10.5. The van der Waals surface area contributed by atoms with Gasteiger partial charge in [-0.1, -0.05) is 17.7 Å². The quantitative estimate of drug-likeness (QED) is 0.204. The van der Waals surface area contributed by atoms with Crippen molar-refractivity contribution in [1.82, 2.24) is 5.43 Å². The second-order valence-corrected chi connectivity index (χ2v) is 8.47. The fourth-order valence-electron chi connectivity index (χ4n) is 3.00. The van der Waals surface area contributed by atoms with E-state index in [1.54, 1.807) is 48.5 Å². The first-order valence-electron chi connectivity index (χ1n) is 10.9. The Morgan fingerprint density at radius 1 is 0.892 bits per heavy atom. The lowest BCUT2D eigenvalue weighted by molar-refractivity contribution is -0.136. The number of carbonyl (C=O) groups excluding carboxylic acids is 3. The van der Waals surface area contributed by atoms with Crippen LogP contribution in [0, 0.1) is 6.92 Å². The number of methoxy groups -OCH3 is 2. The van der Waals surface area contributed by atoms with Gasteiger partial charge in [-0.3, -0.25) is 14.4 Å². The number of hydrogen-bond acceptors (Lipinski definition) is 7. The van der Waals surface area contributed by atoms with Gasteiger partial charge in [0.1, 0.15) is 5.75 Å². The smallest absolute Gasteiger partial charge is 0.329 e. The van der Waals surface area contributed by atoms with Crippen LogP contribution in [0.2, 0.25) is 0 Å². The molecule has 0 aliphatic heterocycles. The molecule has 0 spiro atoms. The largest absolute Gasteiger partial charge is 0.497 e. The maximum absolute atomic E-state index is 12.3. The number of ether oxygens (including phenoxy) is 3. The third-order valence-corrected chi connectivity index (χ3v) is 5.46. The maximum Gasteiger partial charge on any atom is 0.329 e. The Morgan fingerprint density at radius 2 is 1.54 bits per heavy atom. The molecular weight excluding hydrogens is 544 g/mol. The summed E-state index contributed by atoms with van der Waals surface area (Å²) >= 11 is 3.40. The Labute approximate surface area is 222 Å². The van der Waals surface area contributed by atoms with Crippen LogP contribution >= 0.6 is 15.9 Å². The number of hydrogen-bond donors (Lipinski definition) is 3. The molecule has 0 radical (unpaired) electrons. The van der Waals surface area contributed by atoms with Crippen molar-refractivity contribution in [2.75, 3.05) is 31.5 Å². The molecule has 3 N–H and O–H groups in total. The molecule has 192 valence electrons. The monoisotopic (exact) mass is 568 g/mol. The first-order valence-corrected chi connectivity index (χ1v) is 11.7. The van der Waals surface area contributed by atoms with Gasteiger partial charge in [-0.25, -0.2) is 5.43 Å². The highest BCUT2D eigenvalue weighted by Crippen LogP contribution is 2.36. The number of nitrogens with one attached hydrogen (secondary N) is 3. The summed E-state index contributed by atoms with van der Waals surface area (Å²) in [5.41, 5.74) is 4.89. The predicted octanol–water partition coefficient (Wildman–Crippen LogP) is 3.88. The van der Waals surface area contributed by atoms with E-state index < -0.39 is 11.8 Å². The zero-order valence-corrected chi connectivity index (χ0v) is 21.9. The van der Waals surface area contributed by atoms with Crippen LogP contribution in [-0.4, -0.2) is 44.8 Å². The predicted molar refractivity (Wildman–Crippen MR) is 143 cm³/mol. The first kappa shape index (κ1) is 27.2. The van der Waals surface area contributed by atoms with Crippen LogP contribution in [0.25, 0.3) is 0 Å². The molecule has 3 rings (SSSR count). The van der Waals surface area contributed by atoms with E-state index in [9.17, 15) is 14.4 Å². The highest BCUT2D eigenvalue weighted by molar-refractivity contribution is 9.10. The van der Waals surface area contributed by atoms with Gasteiger partial charge >= 0.3 is 11.8 Å². The molecule has 0 bridgehead atoms. The van der Waals surface area contributed by atoms with E-state index >= 15 is 0 Å². The van der Waals surface area contributed by atoms with Crippen LogP contribution < -0.4 is 30.3 Å². The third kappa shape index (κ3) is 8.07. The fraction of sp³-hybridized carbons (Fsp3) is 0.154. The number of aryl methyl sites for hydroxylation is 1. The molecule has 0 fully saturated rings. The van der Waals surface area contributed by atoms with Gasteiger partial charge < -0.3 is 24.8 Å². The number of hydrazone groups is 1. The molecule has 11 heteroatoms. The number of carbonyl (C=O) groups is 3. The average Bonchev–Trinajstić information content (AvgIpc) is 2.89. The van der Waals surface area contributed by atoms with Gasteiger partial charge in [0, 0.05) is 11.4 Å². The molecule has 0 unspecified atom stereocenters. The van der Waals surface area contributed by atoms with Crippen molar-refractivity contribution >= 4 is 51.2 Å². The Morgan fingerprint density at radius 3 is 2.19 bits per heavy atom. The summed E-state index contributed by atoms with van der Waals surface area (Å²) in [5, 5.41) is 9.03. The minimum Gasteiger partial charge on any atom is -0.497 e. The van der Waals surface area contributed by atoms with Crippen molar-refractivity contribution in [3.63, 3.8) is 0 Å². The Kier molecular flexibility index (Phi) is 9.61. The summed E-state index contributed by atoms with van der Waals surface area (Å²) in [5.74, 6) is -0.884. The van der Waals surface area contributed by atoms with Crippen molar-refractivity contribution in [3.8, 4) is 17.2 Å². The van der Waals surface area contributed by atoms with Crippen molar-refractivity contribution in [2.45, 2.75) is 6.92 Å². The van der Waals surface area contributed by atoms with Gasteiger partial charge in [-0.2, -0.15) is 5.10 Å². The molecule has 3 aromatic carbocycles. The van der Waals surface area contributed by atoms with Crippen LogP contribution in [0.3, 0.4) is 0 Å². The number of amides is 3. The van der Waals surface area contributed by atoms with Gasteiger partial charge in [0.15, 0.2) is 18.1 Å². The molecule has 0 heterocycles. The van der Waals surface area contributed by atoms with Crippen LogP contribution in [0.5, 0.6) is 17.2 Å². The third-order valence-electron chi connectivity index (χ3n) is 4.87. The van der Waals surface area contributed by atoms with Crippen LogP contribution in [0.1, 0.15) is 11.1 Å². The SMILES string of the molecule is COc1ccc(NC(=O)C(=O)N/N=C\c2cc(Br)c(OCC(=O)Nc3ccc(C)cc3)c(OC)c2)cc1. The molecule has 0 saturated carbocycles. The standard InChI is InChI=1S/C26H25BrN4O6/c1-16-4-6-18(7-5-16)29-23(32)15-37-24-21(27)12-17(13-22(24)36-3)14-28-31-26(34)25(33)30-19-8-10-20(35-2)11-9-19/h4-14H,15H2,1-3H3,(H,29,32)(H,30,33)(H,31,34)/b28-14-. The molecule has 3 amide bonds. The summed E-state index contributed by atoms with van der Waals surface area (Å²) in [7, 11) is 2.98. The van der Waals surface area contributed by atoms with E-state index in [-0.39, 0.29) is 12.5 Å². The molecule has 0 atom stereocenters. The van der Waals surface area contributed by atoms with E-state index in [4.69, 9.17) is 14.2 Å². The first-order chi connectivity index (χ1) is 17.8. The summed E-state index contributed by atoms with van der Waals surface area (Å²) in [4.78, 5) is 36.4. The lowest BCUT2D eigenvalue weighted by atomic mass is 10.2. The van der Waals surface area contributed by atoms with E-state index in [0.29, 0.717) is 38.7 Å². The molecular formula is C26H25BrN4O6. The Bertz CT molecular complexity index is 1290. The number of benzene rings is 3. The van der Waals surface area contributed by atoms with Crippen LogP contribution in [0.15, 0.2) is 70.2 Å². The summed E-state index contributed by atoms with van der Waals surface area (Å²) < 4.78 is 16.6. The number of anilines is 2. The van der Waals surface area contributed by atoms with Crippen molar-refractivity contribution in [3.05, 3.63) is 76.3 Å². The summed E-state index contributed by atoms with van der Waals surface area (Å²) in [6, 6.07) is 17.2. The summed E-state index contributed by atoms with van der Waals surface area (Å²) in [6.45, 7) is 1.72. The zero-order chi connectivity index (χ0) is 26.8. The lowest BCUT2D eigenvalue weighted by Gasteiger charge is -2.13. The number of rotatable bonds is 9.